The third-order valence-electron chi connectivity index (χ3n) is 6.39. The second-order valence-electron chi connectivity index (χ2n) is 10.5. The highest BCUT2D eigenvalue weighted by Gasteiger charge is 2.42. The first kappa shape index (κ1) is 30.1. The Morgan fingerprint density at radius 3 is 1.81 bits per heavy atom. The zero-order chi connectivity index (χ0) is 27.6. The van der Waals surface area contributed by atoms with E-state index in [0.717, 1.165) is 16.2 Å². The molecule has 202 valence electrons. The van der Waals surface area contributed by atoms with Gasteiger partial charge in [0.2, 0.25) is 0 Å². The first-order chi connectivity index (χ1) is 17.3. The Kier molecular flexibility index (Phi) is 10.9. The molecule has 8 nitrogen and oxygen atoms in total. The van der Waals surface area contributed by atoms with Crippen LogP contribution in [0.25, 0.3) is 0 Å². The molecule has 1 amide bonds. The molecular formula is C28H39NO7Si. The first-order valence-corrected chi connectivity index (χ1v) is 15.3. The van der Waals surface area contributed by atoms with Crippen LogP contribution in [0.3, 0.4) is 0 Å². The van der Waals surface area contributed by atoms with Gasteiger partial charge in [-0.2, -0.15) is 0 Å². The molecule has 2 atom stereocenters. The van der Waals surface area contributed by atoms with Crippen molar-refractivity contribution in [3.8, 4) is 0 Å². The van der Waals surface area contributed by atoms with Crippen molar-refractivity contribution in [3.05, 3.63) is 71.8 Å². The third kappa shape index (κ3) is 9.66. The van der Waals surface area contributed by atoms with Gasteiger partial charge in [-0.15, -0.1) is 5.06 Å². The predicted octanol–water partition coefficient (Wildman–Crippen LogP) is 5.87. The van der Waals surface area contributed by atoms with E-state index in [-0.39, 0.29) is 24.8 Å². The Labute approximate surface area is 220 Å². The van der Waals surface area contributed by atoms with E-state index < -0.39 is 38.4 Å². The fraction of sp³-hybridized carbons (Fsp3) is 0.464. The quantitative estimate of drug-likeness (QED) is 0.216. The average Bonchev–Trinajstić information content (AvgIpc) is 2.83. The summed E-state index contributed by atoms with van der Waals surface area (Å²) in [4.78, 5) is 43.2. The predicted molar refractivity (Wildman–Crippen MR) is 143 cm³/mol. The van der Waals surface area contributed by atoms with Crippen molar-refractivity contribution >= 4 is 26.3 Å². The number of hydroxylamine groups is 2. The summed E-state index contributed by atoms with van der Waals surface area (Å²) in [6.07, 6.45) is -1.51. The smallest absolute Gasteiger partial charge is 0.443 e. The van der Waals surface area contributed by atoms with Gasteiger partial charge in [0.25, 0.3) is 0 Å². The van der Waals surface area contributed by atoms with Crippen LogP contribution in [0.15, 0.2) is 60.7 Å². The summed E-state index contributed by atoms with van der Waals surface area (Å²) in [5.74, 6) is -2.21. The van der Waals surface area contributed by atoms with Gasteiger partial charge in [0.1, 0.15) is 19.1 Å². The standard InChI is InChI=1S/C28H39NO7Si/c1-21(36-37(6,7)28(3,4)5)25(26(31)33-19-23-14-10-8-11-15-23)18-29(35-22(2)30)27(32)34-20-24-16-12-9-13-17-24/h8-17,21,25H,18-20H2,1-7H3/t21-,25+/m1/s1. The van der Waals surface area contributed by atoms with Gasteiger partial charge >= 0.3 is 18.0 Å². The van der Waals surface area contributed by atoms with E-state index >= 15 is 0 Å². The minimum atomic E-state index is -2.28. The monoisotopic (exact) mass is 529 g/mol. The van der Waals surface area contributed by atoms with Crippen LogP contribution in [0.1, 0.15) is 45.7 Å². The average molecular weight is 530 g/mol. The van der Waals surface area contributed by atoms with E-state index in [4.69, 9.17) is 18.7 Å². The summed E-state index contributed by atoms with van der Waals surface area (Å²) < 4.78 is 17.4. The molecule has 2 rings (SSSR count). The highest BCUT2D eigenvalue weighted by atomic mass is 28.4. The molecule has 2 aromatic rings. The van der Waals surface area contributed by atoms with Gasteiger partial charge in [-0.25, -0.2) is 4.79 Å². The van der Waals surface area contributed by atoms with E-state index in [9.17, 15) is 14.4 Å². The Bertz CT molecular complexity index is 1020. The SMILES string of the molecule is CC(=O)ON(C[C@H](C(=O)OCc1ccccc1)[C@@H](C)O[Si](C)(C)C(C)(C)C)C(=O)OCc1ccccc1. The first-order valence-electron chi connectivity index (χ1n) is 12.4. The number of rotatable bonds is 10. The van der Waals surface area contributed by atoms with Crippen molar-refractivity contribution in [1.82, 2.24) is 5.06 Å². The Balaban J connectivity index is 2.24. The van der Waals surface area contributed by atoms with Crippen molar-refractivity contribution < 1.29 is 33.1 Å². The van der Waals surface area contributed by atoms with E-state index in [0.29, 0.717) is 0 Å². The number of benzene rings is 2. The lowest BCUT2D eigenvalue weighted by Crippen LogP contribution is -2.49. The molecule has 0 radical (unpaired) electrons. The number of amides is 1. The molecule has 0 heterocycles. The molecule has 2 aromatic carbocycles. The summed E-state index contributed by atoms with van der Waals surface area (Å²) in [6, 6.07) is 18.4. The van der Waals surface area contributed by atoms with Crippen LogP contribution in [0.2, 0.25) is 18.1 Å². The molecule has 0 bridgehead atoms. The summed E-state index contributed by atoms with van der Waals surface area (Å²) in [7, 11) is -2.28. The number of carbonyl (C=O) groups excluding carboxylic acids is 3. The van der Waals surface area contributed by atoms with Gasteiger partial charge in [0, 0.05) is 6.92 Å². The summed E-state index contributed by atoms with van der Waals surface area (Å²) in [6.45, 7) is 13.2. The molecule has 0 unspecified atom stereocenters. The Morgan fingerprint density at radius 2 is 1.35 bits per heavy atom. The number of esters is 1. The minimum absolute atomic E-state index is 0.0173. The molecule has 0 aromatic heterocycles. The van der Waals surface area contributed by atoms with Gasteiger partial charge in [-0.05, 0) is 36.2 Å². The number of carbonyl (C=O) groups is 3. The summed E-state index contributed by atoms with van der Waals surface area (Å²) >= 11 is 0. The third-order valence-corrected chi connectivity index (χ3v) is 11.0. The van der Waals surface area contributed by atoms with Gasteiger partial charge in [0.15, 0.2) is 8.32 Å². The molecule has 0 aliphatic carbocycles. The fourth-order valence-corrected chi connectivity index (χ4v) is 4.70. The second-order valence-corrected chi connectivity index (χ2v) is 15.2. The van der Waals surface area contributed by atoms with E-state index in [1.165, 1.54) is 6.92 Å². The molecule has 0 aliphatic rings. The van der Waals surface area contributed by atoms with Crippen LogP contribution in [0.4, 0.5) is 4.79 Å². The van der Waals surface area contributed by atoms with Crippen molar-refractivity contribution in [2.45, 2.75) is 72.1 Å². The number of hydrogen-bond donors (Lipinski definition) is 0. The lowest BCUT2D eigenvalue weighted by molar-refractivity contribution is -0.187. The molecular weight excluding hydrogens is 490 g/mol. The van der Waals surface area contributed by atoms with E-state index in [1.54, 1.807) is 6.92 Å². The lowest BCUT2D eigenvalue weighted by atomic mass is 10.0. The van der Waals surface area contributed by atoms with Gasteiger partial charge in [-0.3, -0.25) is 9.59 Å². The lowest BCUT2D eigenvalue weighted by Gasteiger charge is -2.40. The highest BCUT2D eigenvalue weighted by molar-refractivity contribution is 6.74. The van der Waals surface area contributed by atoms with Crippen LogP contribution in [0, 0.1) is 5.92 Å². The molecule has 9 heteroatoms. The fourth-order valence-electron chi connectivity index (χ4n) is 3.25. The van der Waals surface area contributed by atoms with E-state index in [2.05, 4.69) is 33.9 Å². The number of nitrogens with zero attached hydrogens (tertiary/aromatic N) is 1. The topological polar surface area (TPSA) is 91.4 Å². The zero-order valence-corrected chi connectivity index (χ0v) is 23.9. The maximum Gasteiger partial charge on any atom is 0.443 e. The zero-order valence-electron chi connectivity index (χ0n) is 22.9. The number of hydrogen-bond acceptors (Lipinski definition) is 7. The van der Waals surface area contributed by atoms with Crippen molar-refractivity contribution in [1.29, 1.82) is 0 Å². The molecule has 0 fully saturated rings. The summed E-state index contributed by atoms with van der Waals surface area (Å²) in [5.41, 5.74) is 1.60. The van der Waals surface area contributed by atoms with Crippen LogP contribution in [0.5, 0.6) is 0 Å². The number of ether oxygens (including phenoxy) is 2. The molecule has 0 N–H and O–H groups in total. The van der Waals surface area contributed by atoms with Crippen LogP contribution in [-0.4, -0.2) is 44.1 Å². The molecule has 0 saturated carbocycles. The van der Waals surface area contributed by atoms with Crippen molar-refractivity contribution in [2.75, 3.05) is 6.54 Å². The molecule has 37 heavy (non-hydrogen) atoms. The minimum Gasteiger partial charge on any atom is -0.460 e. The normalized spacial score (nSPS) is 13.3. The Hall–Kier alpha value is -3.17. The maximum atomic E-state index is 13.3. The second kappa shape index (κ2) is 13.4. The van der Waals surface area contributed by atoms with Crippen LogP contribution >= 0.6 is 0 Å². The van der Waals surface area contributed by atoms with Gasteiger partial charge < -0.3 is 18.7 Å². The van der Waals surface area contributed by atoms with Crippen LogP contribution < -0.4 is 0 Å². The summed E-state index contributed by atoms with van der Waals surface area (Å²) in [5, 5.41) is 0.662. The molecule has 0 spiro atoms. The molecule has 0 aliphatic heterocycles. The van der Waals surface area contributed by atoms with Crippen LogP contribution in [-0.2, 0) is 41.5 Å². The van der Waals surface area contributed by atoms with Crippen molar-refractivity contribution in [2.24, 2.45) is 5.92 Å². The van der Waals surface area contributed by atoms with E-state index in [1.807, 2.05) is 60.7 Å². The Morgan fingerprint density at radius 1 is 0.865 bits per heavy atom. The van der Waals surface area contributed by atoms with Gasteiger partial charge in [-0.1, -0.05) is 81.4 Å². The molecule has 0 saturated heterocycles. The van der Waals surface area contributed by atoms with Crippen molar-refractivity contribution in [3.63, 3.8) is 0 Å². The highest BCUT2D eigenvalue weighted by Crippen LogP contribution is 2.38. The largest absolute Gasteiger partial charge is 0.460 e. The van der Waals surface area contributed by atoms with Gasteiger partial charge in [0.05, 0.1) is 12.6 Å². The maximum absolute atomic E-state index is 13.3.